The minimum Gasteiger partial charge on any atom is -0.444 e. The van der Waals surface area contributed by atoms with E-state index >= 15 is 0 Å². The average molecular weight is 603 g/mol. The van der Waals surface area contributed by atoms with Gasteiger partial charge < -0.3 is 19.1 Å². The molecule has 3 heterocycles. The van der Waals surface area contributed by atoms with Crippen LogP contribution in [0, 0.1) is 23.6 Å². The molecular formula is C35H43FN4O4. The first kappa shape index (κ1) is 30.2. The van der Waals surface area contributed by atoms with Crippen LogP contribution < -0.4 is 5.32 Å². The highest BCUT2D eigenvalue weighted by Gasteiger charge is 2.39. The lowest BCUT2D eigenvalue weighted by Crippen LogP contribution is -2.42. The Hall–Kier alpha value is -3.88. The fraction of sp³-hybridized carbons (Fsp3) is 0.514. The van der Waals surface area contributed by atoms with Gasteiger partial charge in [0, 0.05) is 55.2 Å². The number of halogens is 1. The third-order valence-corrected chi connectivity index (χ3v) is 9.03. The van der Waals surface area contributed by atoms with Gasteiger partial charge in [-0.05, 0) is 95.2 Å². The molecule has 4 aliphatic rings. The van der Waals surface area contributed by atoms with E-state index in [9.17, 15) is 14.0 Å². The van der Waals surface area contributed by atoms with Crippen molar-refractivity contribution in [1.82, 2.24) is 20.3 Å². The highest BCUT2D eigenvalue weighted by Crippen LogP contribution is 2.45. The van der Waals surface area contributed by atoms with Crippen LogP contribution in [0.4, 0.5) is 9.18 Å². The number of amides is 2. The van der Waals surface area contributed by atoms with E-state index in [0.29, 0.717) is 30.5 Å². The summed E-state index contributed by atoms with van der Waals surface area (Å²) in [6.07, 6.45) is 17.8. The van der Waals surface area contributed by atoms with Gasteiger partial charge in [0.15, 0.2) is 5.58 Å². The molecule has 9 heteroatoms. The average Bonchev–Trinajstić information content (AvgIpc) is 3.62. The molecule has 8 nitrogen and oxygen atoms in total. The number of carbonyl (C=O) groups excluding carboxylic acids is 2. The number of allylic oxidation sites excluding steroid dienone is 6. The quantitative estimate of drug-likeness (QED) is 0.374. The number of aromatic nitrogens is 1. The van der Waals surface area contributed by atoms with Gasteiger partial charge >= 0.3 is 6.09 Å². The van der Waals surface area contributed by atoms with E-state index in [1.165, 1.54) is 17.7 Å². The second kappa shape index (κ2) is 12.6. The number of benzene rings is 1. The highest BCUT2D eigenvalue weighted by atomic mass is 19.1. The monoisotopic (exact) mass is 602 g/mol. The molecule has 6 rings (SSSR count). The normalized spacial score (nSPS) is 23.9. The molecule has 0 spiro atoms. The molecule has 1 saturated carbocycles. The van der Waals surface area contributed by atoms with E-state index in [1.807, 2.05) is 25.7 Å². The molecule has 234 valence electrons. The second-order valence-corrected chi connectivity index (χ2v) is 13.5. The Kier molecular flexibility index (Phi) is 8.65. The Morgan fingerprint density at radius 1 is 1.14 bits per heavy atom. The van der Waals surface area contributed by atoms with Crippen molar-refractivity contribution in [2.45, 2.75) is 70.8 Å². The van der Waals surface area contributed by atoms with Gasteiger partial charge in [-0.3, -0.25) is 10.1 Å². The first-order chi connectivity index (χ1) is 21.1. The minimum absolute atomic E-state index is 0.0898. The molecule has 0 radical (unpaired) electrons. The van der Waals surface area contributed by atoms with E-state index in [2.05, 4.69) is 52.0 Å². The van der Waals surface area contributed by atoms with Crippen LogP contribution in [0.15, 0.2) is 70.6 Å². The van der Waals surface area contributed by atoms with Gasteiger partial charge in [0.05, 0.1) is 11.6 Å². The van der Waals surface area contributed by atoms with Gasteiger partial charge in [0.1, 0.15) is 11.4 Å². The number of ether oxygens (including phenoxy) is 1. The number of alkyl carbamates (subject to hydrolysis) is 1. The number of nitrogens with one attached hydrogen (secondary N) is 1. The number of nitrogens with zero attached hydrogens (tertiary/aromatic N) is 3. The van der Waals surface area contributed by atoms with Gasteiger partial charge in [0.25, 0.3) is 0 Å². The number of piperidine rings is 1. The fourth-order valence-electron chi connectivity index (χ4n) is 6.58. The van der Waals surface area contributed by atoms with Gasteiger partial charge in [-0.1, -0.05) is 29.5 Å². The molecule has 2 aliphatic carbocycles. The molecule has 1 aromatic carbocycles. The first-order valence-electron chi connectivity index (χ1n) is 16.0. The maximum Gasteiger partial charge on any atom is 0.411 e. The summed E-state index contributed by atoms with van der Waals surface area (Å²) in [4.78, 5) is 30.0. The summed E-state index contributed by atoms with van der Waals surface area (Å²) in [5.41, 5.74) is 2.96. The summed E-state index contributed by atoms with van der Waals surface area (Å²) >= 11 is 0. The Labute approximate surface area is 258 Å². The molecule has 2 amide bonds. The van der Waals surface area contributed by atoms with Crippen LogP contribution in [-0.2, 0) is 9.53 Å². The van der Waals surface area contributed by atoms with Crippen LogP contribution >= 0.6 is 0 Å². The van der Waals surface area contributed by atoms with Crippen LogP contribution in [-0.4, -0.2) is 58.7 Å². The number of hydrogen-bond acceptors (Lipinski definition) is 6. The SMILES string of the molecule is CC(C)(C)OC(=O)NC1=CC(CCCN2C=CC(C(=O)N3CCC(c4noc5cc(F)ccc45)CC3)CC2)=CC=CC2CC12. The van der Waals surface area contributed by atoms with Crippen molar-refractivity contribution in [3.05, 3.63) is 77.6 Å². The van der Waals surface area contributed by atoms with Crippen molar-refractivity contribution in [1.29, 1.82) is 0 Å². The topological polar surface area (TPSA) is 87.9 Å². The van der Waals surface area contributed by atoms with Gasteiger partial charge in [-0.25, -0.2) is 9.18 Å². The number of hydrogen-bond donors (Lipinski definition) is 1. The lowest BCUT2D eigenvalue weighted by Gasteiger charge is -2.35. The summed E-state index contributed by atoms with van der Waals surface area (Å²) < 4.78 is 24.4. The predicted molar refractivity (Wildman–Crippen MR) is 167 cm³/mol. The summed E-state index contributed by atoms with van der Waals surface area (Å²) in [5, 5.41) is 8.10. The van der Waals surface area contributed by atoms with Gasteiger partial charge in [0.2, 0.25) is 5.91 Å². The molecule has 0 bridgehead atoms. The van der Waals surface area contributed by atoms with Gasteiger partial charge in [-0.2, -0.15) is 0 Å². The molecule has 3 unspecified atom stereocenters. The van der Waals surface area contributed by atoms with Crippen molar-refractivity contribution in [2.24, 2.45) is 17.8 Å². The summed E-state index contributed by atoms with van der Waals surface area (Å²) in [5.74, 6) is 0.813. The third kappa shape index (κ3) is 7.25. The van der Waals surface area contributed by atoms with Crippen molar-refractivity contribution < 1.29 is 23.2 Å². The second-order valence-electron chi connectivity index (χ2n) is 13.5. The maximum absolute atomic E-state index is 13.5. The van der Waals surface area contributed by atoms with Crippen molar-refractivity contribution in [3.63, 3.8) is 0 Å². The maximum atomic E-state index is 13.5. The van der Waals surface area contributed by atoms with Crippen LogP contribution in [0.25, 0.3) is 11.0 Å². The van der Waals surface area contributed by atoms with Crippen LogP contribution in [0.5, 0.6) is 0 Å². The highest BCUT2D eigenvalue weighted by molar-refractivity contribution is 5.81. The molecule has 44 heavy (non-hydrogen) atoms. The predicted octanol–water partition coefficient (Wildman–Crippen LogP) is 6.83. The Morgan fingerprint density at radius 3 is 2.70 bits per heavy atom. The standard InChI is InChI=1S/C35H43FN4O4/c1-35(2,3)43-34(42)37-30-20-23(6-4-8-26-21-29(26)30)7-5-15-39-16-11-25(12-17-39)33(41)40-18-13-24(14-19-40)32-28-10-9-27(36)22-31(28)44-38-32/h4,6,8-11,16,20,22,24-26,29H,5,7,12-15,17-19,21H2,1-3H3,(H,37,42). The number of carbonyl (C=O) groups is 2. The Balaban J connectivity index is 0.964. The lowest BCUT2D eigenvalue weighted by molar-refractivity contribution is -0.135. The summed E-state index contributed by atoms with van der Waals surface area (Å²) in [6.45, 7) is 8.77. The minimum atomic E-state index is -0.534. The zero-order valence-corrected chi connectivity index (χ0v) is 25.9. The zero-order valence-electron chi connectivity index (χ0n) is 25.9. The van der Waals surface area contributed by atoms with Gasteiger partial charge in [-0.15, -0.1) is 0 Å². The zero-order chi connectivity index (χ0) is 30.8. The Morgan fingerprint density at radius 2 is 1.95 bits per heavy atom. The first-order valence-corrected chi connectivity index (χ1v) is 16.0. The van der Waals surface area contributed by atoms with Crippen molar-refractivity contribution >= 4 is 23.0 Å². The summed E-state index contributed by atoms with van der Waals surface area (Å²) in [6, 6.07) is 4.55. The third-order valence-electron chi connectivity index (χ3n) is 9.03. The molecule has 1 saturated heterocycles. The lowest BCUT2D eigenvalue weighted by atomic mass is 9.90. The van der Waals surface area contributed by atoms with Crippen LogP contribution in [0.2, 0.25) is 0 Å². The molecule has 2 fully saturated rings. The summed E-state index contributed by atoms with van der Waals surface area (Å²) in [7, 11) is 0. The molecule has 3 atom stereocenters. The number of rotatable bonds is 7. The molecule has 1 aromatic heterocycles. The van der Waals surface area contributed by atoms with E-state index in [1.54, 1.807) is 6.07 Å². The van der Waals surface area contributed by atoms with E-state index in [-0.39, 0.29) is 23.6 Å². The largest absolute Gasteiger partial charge is 0.444 e. The molecule has 1 N–H and O–H groups in total. The van der Waals surface area contributed by atoms with Crippen molar-refractivity contribution in [2.75, 3.05) is 26.2 Å². The van der Waals surface area contributed by atoms with Crippen LogP contribution in [0.3, 0.4) is 0 Å². The van der Waals surface area contributed by atoms with E-state index in [4.69, 9.17) is 9.26 Å². The Bertz CT molecular complexity index is 1510. The van der Waals surface area contributed by atoms with E-state index < -0.39 is 11.7 Å². The molecule has 2 aromatic rings. The van der Waals surface area contributed by atoms with Crippen LogP contribution in [0.1, 0.15) is 70.9 Å². The fourth-order valence-corrected chi connectivity index (χ4v) is 6.58. The van der Waals surface area contributed by atoms with Crippen molar-refractivity contribution in [3.8, 4) is 0 Å². The molecular weight excluding hydrogens is 559 g/mol. The van der Waals surface area contributed by atoms with E-state index in [0.717, 1.165) is 68.4 Å². The number of likely N-dealkylation sites (tertiary alicyclic amines) is 1. The smallest absolute Gasteiger partial charge is 0.411 e. The number of fused-ring (bicyclic) bond motifs is 2. The molecule has 2 aliphatic heterocycles.